The standard InChI is InChI=1S/C16H25NO2/c1-11(2)18-14-8-6-13(7-9-14)16(17-4)15-10-5-12(3)19-15/h6-9,11-12,15-17H,5,10H2,1-4H3. The third kappa shape index (κ3) is 3.71. The summed E-state index contributed by atoms with van der Waals surface area (Å²) in [6, 6.07) is 8.60. The van der Waals surface area contributed by atoms with Crippen LogP contribution in [0.4, 0.5) is 0 Å². The van der Waals surface area contributed by atoms with Crippen molar-refractivity contribution in [2.75, 3.05) is 7.05 Å². The van der Waals surface area contributed by atoms with E-state index in [0.29, 0.717) is 6.10 Å². The topological polar surface area (TPSA) is 30.5 Å². The summed E-state index contributed by atoms with van der Waals surface area (Å²) in [6.45, 7) is 6.22. The highest BCUT2D eigenvalue weighted by Crippen LogP contribution is 2.30. The van der Waals surface area contributed by atoms with Crippen LogP contribution < -0.4 is 10.1 Å². The van der Waals surface area contributed by atoms with Gasteiger partial charge in [-0.3, -0.25) is 0 Å². The van der Waals surface area contributed by atoms with E-state index in [1.807, 2.05) is 33.0 Å². The van der Waals surface area contributed by atoms with Crippen molar-refractivity contribution in [1.82, 2.24) is 5.32 Å². The maximum atomic E-state index is 5.97. The molecule has 0 bridgehead atoms. The molecule has 0 spiro atoms. The molecule has 0 aliphatic carbocycles. The minimum Gasteiger partial charge on any atom is -0.491 e. The van der Waals surface area contributed by atoms with Gasteiger partial charge in [-0.25, -0.2) is 0 Å². The van der Waals surface area contributed by atoms with Crippen LogP contribution in [0.2, 0.25) is 0 Å². The summed E-state index contributed by atoms with van der Waals surface area (Å²) < 4.78 is 11.6. The van der Waals surface area contributed by atoms with Crippen molar-refractivity contribution in [3.8, 4) is 5.75 Å². The van der Waals surface area contributed by atoms with E-state index in [9.17, 15) is 0 Å². The SMILES string of the molecule is CNC(c1ccc(OC(C)C)cc1)C1CCC(C)O1. The Kier molecular flexibility index (Phi) is 4.83. The molecule has 1 aromatic rings. The predicted molar refractivity (Wildman–Crippen MR) is 77.6 cm³/mol. The fraction of sp³-hybridized carbons (Fsp3) is 0.625. The third-order valence-corrected chi connectivity index (χ3v) is 3.56. The van der Waals surface area contributed by atoms with E-state index in [1.54, 1.807) is 0 Å². The van der Waals surface area contributed by atoms with Gasteiger partial charge in [-0.2, -0.15) is 0 Å². The molecule has 3 heteroatoms. The van der Waals surface area contributed by atoms with Crippen molar-refractivity contribution >= 4 is 0 Å². The quantitative estimate of drug-likeness (QED) is 0.884. The maximum Gasteiger partial charge on any atom is 0.119 e. The zero-order valence-electron chi connectivity index (χ0n) is 12.3. The number of rotatable bonds is 5. The van der Waals surface area contributed by atoms with Crippen LogP contribution in [0.25, 0.3) is 0 Å². The van der Waals surface area contributed by atoms with Crippen LogP contribution in [-0.4, -0.2) is 25.4 Å². The lowest BCUT2D eigenvalue weighted by atomic mass is 9.99. The van der Waals surface area contributed by atoms with Gasteiger partial charge in [0.05, 0.1) is 24.4 Å². The molecule has 1 aliphatic heterocycles. The molecule has 1 fully saturated rings. The summed E-state index contributed by atoms with van der Waals surface area (Å²) in [5.74, 6) is 0.925. The highest BCUT2D eigenvalue weighted by Gasteiger charge is 2.29. The molecule has 1 aromatic carbocycles. The molecule has 106 valence electrons. The first-order valence-electron chi connectivity index (χ1n) is 7.19. The summed E-state index contributed by atoms with van der Waals surface area (Å²) in [7, 11) is 2.00. The first kappa shape index (κ1) is 14.4. The van der Waals surface area contributed by atoms with Crippen molar-refractivity contribution in [2.24, 2.45) is 0 Å². The summed E-state index contributed by atoms with van der Waals surface area (Å²) in [6.07, 6.45) is 3.14. The van der Waals surface area contributed by atoms with Crippen molar-refractivity contribution in [2.45, 2.75) is 58.0 Å². The maximum absolute atomic E-state index is 5.97. The lowest BCUT2D eigenvalue weighted by Gasteiger charge is -2.24. The molecule has 0 aromatic heterocycles. The number of nitrogens with one attached hydrogen (secondary N) is 1. The van der Waals surface area contributed by atoms with E-state index in [-0.39, 0.29) is 18.2 Å². The fourth-order valence-electron chi connectivity index (χ4n) is 2.67. The van der Waals surface area contributed by atoms with Gasteiger partial charge in [-0.15, -0.1) is 0 Å². The third-order valence-electron chi connectivity index (χ3n) is 3.56. The number of hydrogen-bond donors (Lipinski definition) is 1. The Morgan fingerprint density at radius 2 is 1.89 bits per heavy atom. The molecule has 3 nitrogen and oxygen atoms in total. The number of hydrogen-bond acceptors (Lipinski definition) is 3. The second kappa shape index (κ2) is 6.40. The van der Waals surface area contributed by atoms with Crippen LogP contribution in [0.15, 0.2) is 24.3 Å². The van der Waals surface area contributed by atoms with Crippen molar-refractivity contribution < 1.29 is 9.47 Å². The minimum absolute atomic E-state index is 0.213. The van der Waals surface area contributed by atoms with Gasteiger partial charge in [0.1, 0.15) is 5.75 Å². The second-order valence-corrected chi connectivity index (χ2v) is 5.56. The van der Waals surface area contributed by atoms with E-state index >= 15 is 0 Å². The Bertz CT molecular complexity index is 388. The van der Waals surface area contributed by atoms with Gasteiger partial charge in [0.25, 0.3) is 0 Å². The van der Waals surface area contributed by atoms with Crippen LogP contribution in [-0.2, 0) is 4.74 Å². The first-order valence-corrected chi connectivity index (χ1v) is 7.19. The predicted octanol–water partition coefficient (Wildman–Crippen LogP) is 3.30. The molecule has 0 radical (unpaired) electrons. The number of likely N-dealkylation sites (N-methyl/N-ethyl adjacent to an activating group) is 1. The van der Waals surface area contributed by atoms with Gasteiger partial charge in [0.15, 0.2) is 0 Å². The lowest BCUT2D eigenvalue weighted by Crippen LogP contribution is -2.29. The van der Waals surface area contributed by atoms with Crippen LogP contribution in [0.5, 0.6) is 5.75 Å². The van der Waals surface area contributed by atoms with Gasteiger partial charge in [0, 0.05) is 0 Å². The molecule has 1 aliphatic rings. The summed E-state index contributed by atoms with van der Waals surface area (Å²) in [4.78, 5) is 0. The highest BCUT2D eigenvalue weighted by molar-refractivity contribution is 5.30. The molecule has 3 unspecified atom stereocenters. The van der Waals surface area contributed by atoms with Gasteiger partial charge in [-0.05, 0) is 58.4 Å². The van der Waals surface area contributed by atoms with Gasteiger partial charge < -0.3 is 14.8 Å². The minimum atomic E-state index is 0.213. The van der Waals surface area contributed by atoms with E-state index < -0.39 is 0 Å². The zero-order valence-corrected chi connectivity index (χ0v) is 12.3. The molecule has 1 N–H and O–H groups in total. The van der Waals surface area contributed by atoms with E-state index in [4.69, 9.17) is 9.47 Å². The molecule has 3 atom stereocenters. The molecule has 1 heterocycles. The Morgan fingerprint density at radius 1 is 1.21 bits per heavy atom. The fourth-order valence-corrected chi connectivity index (χ4v) is 2.67. The van der Waals surface area contributed by atoms with Crippen molar-refractivity contribution in [3.63, 3.8) is 0 Å². The Balaban J connectivity index is 2.06. The van der Waals surface area contributed by atoms with Gasteiger partial charge >= 0.3 is 0 Å². The zero-order chi connectivity index (χ0) is 13.8. The molecular weight excluding hydrogens is 238 g/mol. The summed E-state index contributed by atoms with van der Waals surface area (Å²) in [5.41, 5.74) is 1.26. The first-order chi connectivity index (χ1) is 9.10. The van der Waals surface area contributed by atoms with Crippen LogP contribution in [0.3, 0.4) is 0 Å². The molecule has 1 saturated heterocycles. The number of ether oxygens (including phenoxy) is 2. The monoisotopic (exact) mass is 263 g/mol. The average Bonchev–Trinajstić information content (AvgIpc) is 2.78. The smallest absolute Gasteiger partial charge is 0.119 e. The van der Waals surface area contributed by atoms with Gasteiger partial charge in [-0.1, -0.05) is 12.1 Å². The van der Waals surface area contributed by atoms with Crippen LogP contribution in [0, 0.1) is 0 Å². The largest absolute Gasteiger partial charge is 0.491 e. The van der Waals surface area contributed by atoms with E-state index in [1.165, 1.54) is 5.56 Å². The van der Waals surface area contributed by atoms with Gasteiger partial charge in [0.2, 0.25) is 0 Å². The second-order valence-electron chi connectivity index (χ2n) is 5.56. The Morgan fingerprint density at radius 3 is 2.37 bits per heavy atom. The Hall–Kier alpha value is -1.06. The highest BCUT2D eigenvalue weighted by atomic mass is 16.5. The Labute approximate surface area is 116 Å². The molecule has 0 amide bonds. The van der Waals surface area contributed by atoms with E-state index in [0.717, 1.165) is 18.6 Å². The average molecular weight is 263 g/mol. The molecular formula is C16H25NO2. The molecule has 2 rings (SSSR count). The summed E-state index contributed by atoms with van der Waals surface area (Å²) in [5, 5.41) is 3.38. The van der Waals surface area contributed by atoms with Crippen molar-refractivity contribution in [3.05, 3.63) is 29.8 Å². The number of benzene rings is 1. The summed E-state index contributed by atoms with van der Waals surface area (Å²) >= 11 is 0. The van der Waals surface area contributed by atoms with Crippen LogP contribution in [0.1, 0.15) is 45.2 Å². The normalized spacial score (nSPS) is 24.7. The van der Waals surface area contributed by atoms with Crippen molar-refractivity contribution in [1.29, 1.82) is 0 Å². The van der Waals surface area contributed by atoms with E-state index in [2.05, 4.69) is 24.4 Å². The molecule has 0 saturated carbocycles. The van der Waals surface area contributed by atoms with Crippen LogP contribution >= 0.6 is 0 Å². The molecule has 19 heavy (non-hydrogen) atoms. The lowest BCUT2D eigenvalue weighted by molar-refractivity contribution is 0.0333.